The second-order valence-electron chi connectivity index (χ2n) is 5.16. The molecule has 0 aliphatic rings. The molecule has 0 saturated carbocycles. The maximum Gasteiger partial charge on any atom is 0.142 e. The summed E-state index contributed by atoms with van der Waals surface area (Å²) in [5, 5.41) is 0. The van der Waals surface area contributed by atoms with Crippen LogP contribution in [0.1, 0.15) is 13.8 Å². The summed E-state index contributed by atoms with van der Waals surface area (Å²) in [5.74, 6) is 1.58. The fraction of sp³-hybridized carbons (Fsp3) is 0.294. The molecule has 112 valence electrons. The Balaban J connectivity index is 2.38. The highest BCUT2D eigenvalue weighted by Gasteiger charge is 2.11. The molecule has 21 heavy (non-hydrogen) atoms. The molecular formula is C17H22N2O2. The lowest BCUT2D eigenvalue weighted by molar-refractivity contribution is 0.242. The van der Waals surface area contributed by atoms with Crippen LogP contribution in [-0.4, -0.2) is 20.3 Å². The number of hydrogen-bond acceptors (Lipinski definition) is 4. The minimum atomic E-state index is 0.108. The van der Waals surface area contributed by atoms with Gasteiger partial charge in [-0.15, -0.1) is 0 Å². The van der Waals surface area contributed by atoms with Crippen LogP contribution < -0.4 is 20.1 Å². The van der Waals surface area contributed by atoms with Gasteiger partial charge in [-0.3, -0.25) is 0 Å². The molecule has 2 aromatic rings. The van der Waals surface area contributed by atoms with Crippen LogP contribution in [0.15, 0.2) is 42.5 Å². The lowest BCUT2D eigenvalue weighted by Crippen LogP contribution is -2.12. The van der Waals surface area contributed by atoms with E-state index < -0.39 is 0 Å². The second kappa shape index (κ2) is 6.39. The van der Waals surface area contributed by atoms with Gasteiger partial charge >= 0.3 is 0 Å². The largest absolute Gasteiger partial charge is 0.495 e. The number of nitrogen functional groups attached to an aromatic ring is 1. The van der Waals surface area contributed by atoms with Crippen LogP contribution in [0.25, 0.3) is 0 Å². The van der Waals surface area contributed by atoms with Crippen molar-refractivity contribution in [2.24, 2.45) is 0 Å². The zero-order valence-corrected chi connectivity index (χ0v) is 13.0. The van der Waals surface area contributed by atoms with Crippen LogP contribution in [0.3, 0.4) is 0 Å². The maximum absolute atomic E-state index is 5.98. The van der Waals surface area contributed by atoms with E-state index in [9.17, 15) is 0 Å². The number of para-hydroxylation sites is 2. The summed E-state index contributed by atoms with van der Waals surface area (Å²) in [6.07, 6.45) is 0.108. The van der Waals surface area contributed by atoms with Gasteiger partial charge in [0.1, 0.15) is 11.5 Å². The molecule has 0 aliphatic carbocycles. The molecule has 0 aromatic heterocycles. The van der Waals surface area contributed by atoms with Gasteiger partial charge in [0.25, 0.3) is 0 Å². The first-order chi connectivity index (χ1) is 10.0. The number of benzene rings is 2. The SMILES string of the molecule is COc1ccccc1N(C)c1cc(N)cc(OC(C)C)c1. The van der Waals surface area contributed by atoms with Crippen LogP contribution in [0.5, 0.6) is 11.5 Å². The molecule has 0 atom stereocenters. The standard InChI is InChI=1S/C17H22N2O2/c1-12(2)21-15-10-13(18)9-14(11-15)19(3)16-7-5-6-8-17(16)20-4/h5-12H,18H2,1-4H3. The monoisotopic (exact) mass is 286 g/mol. The molecular weight excluding hydrogens is 264 g/mol. The Bertz CT molecular complexity index is 611. The average molecular weight is 286 g/mol. The fourth-order valence-electron chi connectivity index (χ4n) is 2.19. The molecule has 0 spiro atoms. The van der Waals surface area contributed by atoms with E-state index in [1.165, 1.54) is 0 Å². The van der Waals surface area contributed by atoms with Gasteiger partial charge < -0.3 is 20.1 Å². The Morgan fingerprint density at radius 1 is 1.10 bits per heavy atom. The van der Waals surface area contributed by atoms with E-state index in [-0.39, 0.29) is 6.10 Å². The molecule has 0 amide bonds. The van der Waals surface area contributed by atoms with Crippen molar-refractivity contribution in [1.82, 2.24) is 0 Å². The van der Waals surface area contributed by atoms with Crippen LogP contribution in [-0.2, 0) is 0 Å². The smallest absolute Gasteiger partial charge is 0.142 e. The number of nitrogens with zero attached hydrogens (tertiary/aromatic N) is 1. The summed E-state index contributed by atoms with van der Waals surface area (Å²) in [5.41, 5.74) is 8.58. The van der Waals surface area contributed by atoms with Crippen molar-refractivity contribution < 1.29 is 9.47 Å². The van der Waals surface area contributed by atoms with E-state index in [0.717, 1.165) is 22.9 Å². The van der Waals surface area contributed by atoms with Gasteiger partial charge in [0.2, 0.25) is 0 Å². The van der Waals surface area contributed by atoms with Crippen molar-refractivity contribution in [3.63, 3.8) is 0 Å². The van der Waals surface area contributed by atoms with Crippen molar-refractivity contribution in [2.45, 2.75) is 20.0 Å². The maximum atomic E-state index is 5.98. The van der Waals surface area contributed by atoms with E-state index in [4.69, 9.17) is 15.2 Å². The van der Waals surface area contributed by atoms with Crippen molar-refractivity contribution in [2.75, 3.05) is 24.8 Å². The third-order valence-corrected chi connectivity index (χ3v) is 3.12. The van der Waals surface area contributed by atoms with Gasteiger partial charge in [-0.25, -0.2) is 0 Å². The lowest BCUT2D eigenvalue weighted by atomic mass is 10.2. The van der Waals surface area contributed by atoms with Gasteiger partial charge in [-0.1, -0.05) is 12.1 Å². The highest BCUT2D eigenvalue weighted by atomic mass is 16.5. The topological polar surface area (TPSA) is 47.7 Å². The summed E-state index contributed by atoms with van der Waals surface area (Å²) < 4.78 is 11.1. The van der Waals surface area contributed by atoms with Gasteiger partial charge in [-0.05, 0) is 32.0 Å². The molecule has 4 nitrogen and oxygen atoms in total. The summed E-state index contributed by atoms with van der Waals surface area (Å²) in [7, 11) is 3.64. The number of anilines is 3. The Labute approximate surface area is 126 Å². The lowest BCUT2D eigenvalue weighted by Gasteiger charge is -2.23. The molecule has 0 heterocycles. The number of methoxy groups -OCH3 is 1. The summed E-state index contributed by atoms with van der Waals surface area (Å²) in [6.45, 7) is 3.99. The van der Waals surface area contributed by atoms with E-state index >= 15 is 0 Å². The normalized spacial score (nSPS) is 10.5. The van der Waals surface area contributed by atoms with Crippen LogP contribution in [0, 0.1) is 0 Å². The summed E-state index contributed by atoms with van der Waals surface area (Å²) >= 11 is 0. The fourth-order valence-corrected chi connectivity index (χ4v) is 2.19. The quantitative estimate of drug-likeness (QED) is 0.849. The molecule has 2 N–H and O–H groups in total. The third kappa shape index (κ3) is 3.60. The molecule has 2 rings (SSSR count). The van der Waals surface area contributed by atoms with E-state index in [1.54, 1.807) is 7.11 Å². The Morgan fingerprint density at radius 2 is 1.81 bits per heavy atom. The van der Waals surface area contributed by atoms with Crippen LogP contribution >= 0.6 is 0 Å². The molecule has 4 heteroatoms. The molecule has 2 aromatic carbocycles. The van der Waals surface area contributed by atoms with Crippen molar-refractivity contribution in [3.05, 3.63) is 42.5 Å². The molecule has 0 saturated heterocycles. The zero-order valence-electron chi connectivity index (χ0n) is 13.0. The average Bonchev–Trinajstić information content (AvgIpc) is 2.45. The van der Waals surface area contributed by atoms with Gasteiger partial charge in [0.05, 0.1) is 18.9 Å². The Kier molecular flexibility index (Phi) is 4.58. The predicted molar refractivity (Wildman–Crippen MR) is 87.7 cm³/mol. The minimum Gasteiger partial charge on any atom is -0.495 e. The number of rotatable bonds is 5. The van der Waals surface area contributed by atoms with Gasteiger partial charge in [0, 0.05) is 30.6 Å². The van der Waals surface area contributed by atoms with E-state index in [1.807, 2.05) is 68.3 Å². The van der Waals surface area contributed by atoms with E-state index in [0.29, 0.717) is 5.69 Å². The second-order valence-corrected chi connectivity index (χ2v) is 5.16. The number of hydrogen-bond donors (Lipinski definition) is 1. The van der Waals surface area contributed by atoms with Crippen molar-refractivity contribution in [1.29, 1.82) is 0 Å². The molecule has 0 aliphatic heterocycles. The van der Waals surface area contributed by atoms with Crippen LogP contribution in [0.4, 0.5) is 17.1 Å². The van der Waals surface area contributed by atoms with Gasteiger partial charge in [0.15, 0.2) is 0 Å². The third-order valence-electron chi connectivity index (χ3n) is 3.12. The zero-order chi connectivity index (χ0) is 15.4. The molecule has 0 unspecified atom stereocenters. The summed E-state index contributed by atoms with van der Waals surface area (Å²) in [6, 6.07) is 13.6. The first-order valence-corrected chi connectivity index (χ1v) is 6.95. The molecule has 0 bridgehead atoms. The summed E-state index contributed by atoms with van der Waals surface area (Å²) in [4.78, 5) is 2.03. The molecule has 0 radical (unpaired) electrons. The van der Waals surface area contributed by atoms with Gasteiger partial charge in [-0.2, -0.15) is 0 Å². The Morgan fingerprint density at radius 3 is 2.48 bits per heavy atom. The Hall–Kier alpha value is -2.36. The van der Waals surface area contributed by atoms with Crippen LogP contribution in [0.2, 0.25) is 0 Å². The highest BCUT2D eigenvalue weighted by molar-refractivity contribution is 5.72. The molecule has 0 fully saturated rings. The first-order valence-electron chi connectivity index (χ1n) is 6.95. The minimum absolute atomic E-state index is 0.108. The van der Waals surface area contributed by atoms with Crippen molar-refractivity contribution >= 4 is 17.1 Å². The number of ether oxygens (including phenoxy) is 2. The van der Waals surface area contributed by atoms with E-state index in [2.05, 4.69) is 0 Å². The number of nitrogens with two attached hydrogens (primary N) is 1. The highest BCUT2D eigenvalue weighted by Crippen LogP contribution is 2.35. The first kappa shape index (κ1) is 15.0. The predicted octanol–water partition coefficient (Wildman–Crippen LogP) is 3.83. The van der Waals surface area contributed by atoms with Crippen molar-refractivity contribution in [3.8, 4) is 11.5 Å².